The first kappa shape index (κ1) is 19.7. The van der Waals surface area contributed by atoms with Gasteiger partial charge in [-0.2, -0.15) is 0 Å². The zero-order valence-corrected chi connectivity index (χ0v) is 16.5. The van der Waals surface area contributed by atoms with E-state index in [0.29, 0.717) is 11.6 Å². The molecule has 0 unspecified atom stereocenters. The van der Waals surface area contributed by atoms with E-state index in [1.165, 1.54) is 5.56 Å². The van der Waals surface area contributed by atoms with Gasteiger partial charge in [-0.3, -0.25) is 4.90 Å². The molecule has 1 aliphatic heterocycles. The average Bonchev–Trinajstić information content (AvgIpc) is 2.62. The molecule has 2 amide bonds. The van der Waals surface area contributed by atoms with Gasteiger partial charge in [0.15, 0.2) is 0 Å². The lowest BCUT2D eigenvalue weighted by Gasteiger charge is -2.35. The first-order valence-corrected chi connectivity index (χ1v) is 9.62. The Hall–Kier alpha value is -2.08. The number of nitrogens with one attached hydrogen (secondary N) is 2. The molecule has 6 heteroatoms. The summed E-state index contributed by atoms with van der Waals surface area (Å²) < 4.78 is 5.78. The van der Waals surface area contributed by atoms with Crippen molar-refractivity contribution in [2.45, 2.75) is 39.1 Å². The number of carbonyl (C=O) groups excluding carboxylic acids is 1. The van der Waals surface area contributed by atoms with E-state index in [-0.39, 0.29) is 18.2 Å². The molecule has 2 N–H and O–H groups in total. The molecule has 0 saturated carbocycles. The number of morpholine rings is 1. The Morgan fingerprint density at radius 1 is 1.04 bits per heavy atom. The van der Waals surface area contributed by atoms with Crippen LogP contribution >= 0.6 is 11.6 Å². The van der Waals surface area contributed by atoms with Crippen molar-refractivity contribution in [2.75, 3.05) is 18.4 Å². The number of ether oxygens (including phenoxy) is 1. The summed E-state index contributed by atoms with van der Waals surface area (Å²) in [6, 6.07) is 15.2. The Balaban J connectivity index is 1.46. The summed E-state index contributed by atoms with van der Waals surface area (Å²) in [5, 5.41) is 6.38. The molecule has 3 rings (SSSR count). The first-order valence-electron chi connectivity index (χ1n) is 9.24. The molecule has 0 aromatic heterocycles. The molecule has 2 atom stereocenters. The van der Waals surface area contributed by atoms with Crippen molar-refractivity contribution >= 4 is 23.3 Å². The summed E-state index contributed by atoms with van der Waals surface area (Å²) in [6.45, 7) is 7.45. The molecule has 5 nitrogen and oxygen atoms in total. The minimum atomic E-state index is -0.228. The number of benzene rings is 2. The average molecular weight is 388 g/mol. The number of hydrogen-bond acceptors (Lipinski definition) is 3. The predicted octanol–water partition coefficient (Wildman–Crippen LogP) is 4.27. The second-order valence-electron chi connectivity index (χ2n) is 7.08. The lowest BCUT2D eigenvalue weighted by Crippen LogP contribution is -2.44. The molecule has 0 bridgehead atoms. The van der Waals surface area contributed by atoms with Gasteiger partial charge in [-0.1, -0.05) is 35.9 Å². The Morgan fingerprint density at radius 3 is 2.26 bits per heavy atom. The van der Waals surface area contributed by atoms with E-state index in [1.807, 2.05) is 36.4 Å². The maximum absolute atomic E-state index is 12.1. The highest BCUT2D eigenvalue weighted by Crippen LogP contribution is 2.16. The maximum Gasteiger partial charge on any atom is 0.319 e. The molecule has 0 aliphatic carbocycles. The summed E-state index contributed by atoms with van der Waals surface area (Å²) in [5.74, 6) is 0. The largest absolute Gasteiger partial charge is 0.373 e. The van der Waals surface area contributed by atoms with Gasteiger partial charge in [0.25, 0.3) is 0 Å². The van der Waals surface area contributed by atoms with Gasteiger partial charge in [0.05, 0.1) is 12.2 Å². The van der Waals surface area contributed by atoms with Crippen LogP contribution in [0.15, 0.2) is 48.5 Å². The molecule has 0 spiro atoms. The van der Waals surface area contributed by atoms with E-state index in [0.717, 1.165) is 30.9 Å². The SMILES string of the molecule is C[C@H]1CN(Cc2ccc(NC(=O)NCc3ccc(Cl)cc3)cc2)C[C@H](C)O1. The van der Waals surface area contributed by atoms with Crippen LogP contribution in [-0.2, 0) is 17.8 Å². The molecule has 2 aromatic carbocycles. The number of rotatable bonds is 5. The zero-order chi connectivity index (χ0) is 19.2. The fraction of sp³-hybridized carbons (Fsp3) is 0.381. The van der Waals surface area contributed by atoms with Crippen LogP contribution < -0.4 is 10.6 Å². The molecular weight excluding hydrogens is 362 g/mol. The highest BCUT2D eigenvalue weighted by atomic mass is 35.5. The van der Waals surface area contributed by atoms with Crippen molar-refractivity contribution in [2.24, 2.45) is 0 Å². The number of anilines is 1. The number of carbonyl (C=O) groups is 1. The third-order valence-electron chi connectivity index (χ3n) is 4.48. The van der Waals surface area contributed by atoms with Crippen molar-refractivity contribution in [1.82, 2.24) is 10.2 Å². The molecule has 144 valence electrons. The lowest BCUT2D eigenvalue weighted by atomic mass is 10.1. The van der Waals surface area contributed by atoms with Gasteiger partial charge in [0.2, 0.25) is 0 Å². The quantitative estimate of drug-likeness (QED) is 0.805. The molecule has 1 heterocycles. The van der Waals surface area contributed by atoms with Crippen molar-refractivity contribution < 1.29 is 9.53 Å². The molecule has 2 aromatic rings. The van der Waals surface area contributed by atoms with Crippen LogP contribution in [0.1, 0.15) is 25.0 Å². The van der Waals surface area contributed by atoms with Gasteiger partial charge in [0.1, 0.15) is 0 Å². The normalized spacial score (nSPS) is 20.3. The summed E-state index contributed by atoms with van der Waals surface area (Å²) in [6.07, 6.45) is 0.526. The molecule has 1 fully saturated rings. The number of hydrogen-bond donors (Lipinski definition) is 2. The zero-order valence-electron chi connectivity index (χ0n) is 15.7. The number of nitrogens with zero attached hydrogens (tertiary/aromatic N) is 1. The van der Waals surface area contributed by atoms with Crippen LogP contribution in [0.5, 0.6) is 0 Å². The fourth-order valence-electron chi connectivity index (χ4n) is 3.33. The molecule has 27 heavy (non-hydrogen) atoms. The summed E-state index contributed by atoms with van der Waals surface area (Å²) >= 11 is 5.86. The van der Waals surface area contributed by atoms with Crippen molar-refractivity contribution in [3.63, 3.8) is 0 Å². The topological polar surface area (TPSA) is 53.6 Å². The fourth-order valence-corrected chi connectivity index (χ4v) is 3.45. The van der Waals surface area contributed by atoms with E-state index >= 15 is 0 Å². The van der Waals surface area contributed by atoms with Crippen LogP contribution in [0.4, 0.5) is 10.5 Å². The maximum atomic E-state index is 12.1. The van der Waals surface area contributed by atoms with E-state index in [1.54, 1.807) is 0 Å². The summed E-state index contributed by atoms with van der Waals surface area (Å²) in [5.41, 5.74) is 3.00. The second kappa shape index (κ2) is 9.22. The molecule has 0 radical (unpaired) electrons. The highest BCUT2D eigenvalue weighted by Gasteiger charge is 2.21. The van der Waals surface area contributed by atoms with Gasteiger partial charge < -0.3 is 15.4 Å². The van der Waals surface area contributed by atoms with Gasteiger partial charge in [-0.05, 0) is 49.2 Å². The smallest absolute Gasteiger partial charge is 0.319 e. The Kier molecular flexibility index (Phi) is 6.72. The first-order chi connectivity index (χ1) is 13.0. The summed E-state index contributed by atoms with van der Waals surface area (Å²) in [4.78, 5) is 14.5. The Morgan fingerprint density at radius 2 is 1.63 bits per heavy atom. The molecular formula is C21H26ClN3O2. The van der Waals surface area contributed by atoms with Gasteiger partial charge in [-0.15, -0.1) is 0 Å². The van der Waals surface area contributed by atoms with Gasteiger partial charge in [-0.25, -0.2) is 4.79 Å². The van der Waals surface area contributed by atoms with Crippen LogP contribution in [0.25, 0.3) is 0 Å². The van der Waals surface area contributed by atoms with Crippen LogP contribution in [0.3, 0.4) is 0 Å². The third-order valence-corrected chi connectivity index (χ3v) is 4.73. The molecule has 1 aliphatic rings. The lowest BCUT2D eigenvalue weighted by molar-refractivity contribution is -0.0704. The van der Waals surface area contributed by atoms with Crippen LogP contribution in [-0.4, -0.2) is 36.2 Å². The monoisotopic (exact) mass is 387 g/mol. The summed E-state index contributed by atoms with van der Waals surface area (Å²) in [7, 11) is 0. The van der Waals surface area contributed by atoms with Crippen LogP contribution in [0, 0.1) is 0 Å². The minimum absolute atomic E-state index is 0.228. The highest BCUT2D eigenvalue weighted by molar-refractivity contribution is 6.30. The van der Waals surface area contributed by atoms with Crippen molar-refractivity contribution in [3.8, 4) is 0 Å². The number of amides is 2. The number of halogens is 1. The second-order valence-corrected chi connectivity index (χ2v) is 7.52. The molecule has 1 saturated heterocycles. The van der Waals surface area contributed by atoms with E-state index < -0.39 is 0 Å². The van der Waals surface area contributed by atoms with Gasteiger partial charge >= 0.3 is 6.03 Å². The van der Waals surface area contributed by atoms with Crippen LogP contribution in [0.2, 0.25) is 5.02 Å². The minimum Gasteiger partial charge on any atom is -0.373 e. The predicted molar refractivity (Wildman–Crippen MR) is 109 cm³/mol. The van der Waals surface area contributed by atoms with Crippen molar-refractivity contribution in [1.29, 1.82) is 0 Å². The number of urea groups is 1. The Bertz CT molecular complexity index is 739. The third kappa shape index (κ3) is 6.24. The van der Waals surface area contributed by atoms with Gasteiger partial charge in [0, 0.05) is 36.9 Å². The van der Waals surface area contributed by atoms with E-state index in [9.17, 15) is 4.79 Å². The Labute approximate surface area is 165 Å². The standard InChI is InChI=1S/C21H26ClN3O2/c1-15-12-25(13-16(2)27-15)14-18-5-9-20(10-6-18)24-21(26)23-11-17-3-7-19(22)8-4-17/h3-10,15-16H,11-14H2,1-2H3,(H2,23,24,26)/t15-,16-/m0/s1. The van der Waals surface area contributed by atoms with E-state index in [2.05, 4.69) is 41.5 Å². The van der Waals surface area contributed by atoms with Crippen molar-refractivity contribution in [3.05, 3.63) is 64.7 Å². The van der Waals surface area contributed by atoms with E-state index in [4.69, 9.17) is 16.3 Å².